The lowest BCUT2D eigenvalue weighted by molar-refractivity contribution is -0.926. The van der Waals surface area contributed by atoms with Crippen LogP contribution in [0.5, 0.6) is 0 Å². The normalized spacial score (nSPS) is 37.7. The molecule has 4 nitrogen and oxygen atoms in total. The van der Waals surface area contributed by atoms with Crippen molar-refractivity contribution < 1.29 is 18.8 Å². The number of carbonyl (C=O) groups is 1. The number of quaternary nitrogens is 1. The third kappa shape index (κ3) is 1.63. The first-order valence-electron chi connectivity index (χ1n) is 6.62. The van der Waals surface area contributed by atoms with E-state index in [-0.39, 0.29) is 5.97 Å². The summed E-state index contributed by atoms with van der Waals surface area (Å²) in [5, 5.41) is 0. The SMILES string of the molecule is C/C=C(/C)C(=O)OCC1=CC[N@+]23CC[C@H](OC2)[C@H]13. The minimum Gasteiger partial charge on any atom is -0.458 e. The molecule has 0 aromatic rings. The van der Waals surface area contributed by atoms with Gasteiger partial charge in [0.25, 0.3) is 0 Å². The van der Waals surface area contributed by atoms with E-state index in [4.69, 9.17) is 9.47 Å². The van der Waals surface area contributed by atoms with Gasteiger partial charge in [0.1, 0.15) is 25.3 Å². The molecule has 3 heterocycles. The number of rotatable bonds is 3. The smallest absolute Gasteiger partial charge is 0.333 e. The maximum atomic E-state index is 11.6. The van der Waals surface area contributed by atoms with E-state index in [0.29, 0.717) is 24.3 Å². The van der Waals surface area contributed by atoms with Gasteiger partial charge >= 0.3 is 5.97 Å². The third-order valence-corrected chi connectivity index (χ3v) is 4.57. The summed E-state index contributed by atoms with van der Waals surface area (Å²) in [6.45, 7) is 7.13. The predicted molar refractivity (Wildman–Crippen MR) is 66.6 cm³/mol. The van der Waals surface area contributed by atoms with Crippen LogP contribution < -0.4 is 0 Å². The van der Waals surface area contributed by atoms with Crippen molar-refractivity contribution in [2.24, 2.45) is 0 Å². The number of esters is 1. The topological polar surface area (TPSA) is 35.5 Å². The molecule has 0 saturated carbocycles. The summed E-state index contributed by atoms with van der Waals surface area (Å²) in [7, 11) is 0. The van der Waals surface area contributed by atoms with Gasteiger partial charge in [-0.15, -0.1) is 0 Å². The lowest BCUT2D eigenvalue weighted by Gasteiger charge is -2.29. The van der Waals surface area contributed by atoms with Gasteiger partial charge in [0.15, 0.2) is 6.73 Å². The minimum absolute atomic E-state index is 0.210. The molecule has 2 bridgehead atoms. The zero-order valence-electron chi connectivity index (χ0n) is 11.0. The van der Waals surface area contributed by atoms with Crippen LogP contribution in [0.1, 0.15) is 20.3 Å². The van der Waals surface area contributed by atoms with Gasteiger partial charge in [0, 0.05) is 17.6 Å². The molecular formula is C14H20NO3+. The summed E-state index contributed by atoms with van der Waals surface area (Å²) in [4.78, 5) is 11.6. The summed E-state index contributed by atoms with van der Waals surface area (Å²) in [6.07, 6.45) is 5.52. The van der Waals surface area contributed by atoms with Gasteiger partial charge in [-0.2, -0.15) is 0 Å². The van der Waals surface area contributed by atoms with Crippen molar-refractivity contribution in [3.05, 3.63) is 23.3 Å². The van der Waals surface area contributed by atoms with Gasteiger partial charge in [-0.3, -0.25) is 4.48 Å². The lowest BCUT2D eigenvalue weighted by Crippen LogP contribution is -2.47. The van der Waals surface area contributed by atoms with Crippen molar-refractivity contribution in [2.75, 3.05) is 26.4 Å². The van der Waals surface area contributed by atoms with Crippen LogP contribution in [0.2, 0.25) is 0 Å². The fourth-order valence-electron chi connectivity index (χ4n) is 3.39. The van der Waals surface area contributed by atoms with Gasteiger partial charge in [-0.05, 0) is 19.9 Å². The Balaban J connectivity index is 1.64. The fourth-order valence-corrected chi connectivity index (χ4v) is 3.39. The van der Waals surface area contributed by atoms with Crippen molar-refractivity contribution in [3.63, 3.8) is 0 Å². The van der Waals surface area contributed by atoms with Crippen LogP contribution >= 0.6 is 0 Å². The molecule has 3 aliphatic rings. The molecule has 0 N–H and O–H groups in total. The Kier molecular flexibility index (Phi) is 2.79. The third-order valence-electron chi connectivity index (χ3n) is 4.57. The first-order valence-corrected chi connectivity index (χ1v) is 6.62. The van der Waals surface area contributed by atoms with Gasteiger partial charge in [-0.25, -0.2) is 4.79 Å². The van der Waals surface area contributed by atoms with Crippen LogP contribution in [0.3, 0.4) is 0 Å². The molecule has 0 aromatic carbocycles. The average molecular weight is 250 g/mol. The van der Waals surface area contributed by atoms with Crippen molar-refractivity contribution in [3.8, 4) is 0 Å². The number of carbonyl (C=O) groups excluding carboxylic acids is 1. The highest BCUT2D eigenvalue weighted by Crippen LogP contribution is 2.43. The van der Waals surface area contributed by atoms with Gasteiger partial charge in [0.2, 0.25) is 0 Å². The quantitative estimate of drug-likeness (QED) is 0.328. The van der Waals surface area contributed by atoms with E-state index in [1.807, 2.05) is 6.92 Å². The molecule has 2 saturated heterocycles. The maximum Gasteiger partial charge on any atom is 0.333 e. The highest BCUT2D eigenvalue weighted by molar-refractivity contribution is 5.87. The number of hydrogen-bond acceptors (Lipinski definition) is 3. The predicted octanol–water partition coefficient (Wildman–Crippen LogP) is 1.38. The van der Waals surface area contributed by atoms with E-state index in [1.54, 1.807) is 13.0 Å². The lowest BCUT2D eigenvalue weighted by atomic mass is 10.1. The van der Waals surface area contributed by atoms with Gasteiger partial charge < -0.3 is 9.47 Å². The molecule has 3 atom stereocenters. The molecule has 18 heavy (non-hydrogen) atoms. The second-order valence-corrected chi connectivity index (χ2v) is 5.52. The number of hydrogen-bond donors (Lipinski definition) is 0. The Morgan fingerprint density at radius 1 is 1.67 bits per heavy atom. The molecule has 2 fully saturated rings. The van der Waals surface area contributed by atoms with E-state index in [9.17, 15) is 4.79 Å². The number of allylic oxidation sites excluding steroid dienone is 1. The van der Waals surface area contributed by atoms with Crippen LogP contribution in [-0.4, -0.2) is 49.0 Å². The van der Waals surface area contributed by atoms with E-state index >= 15 is 0 Å². The molecule has 0 radical (unpaired) electrons. The second-order valence-electron chi connectivity index (χ2n) is 5.52. The monoisotopic (exact) mass is 250 g/mol. The summed E-state index contributed by atoms with van der Waals surface area (Å²) in [5.74, 6) is -0.210. The van der Waals surface area contributed by atoms with E-state index in [0.717, 1.165) is 24.2 Å². The fraction of sp³-hybridized carbons (Fsp3) is 0.643. The van der Waals surface area contributed by atoms with E-state index < -0.39 is 0 Å². The Morgan fingerprint density at radius 2 is 2.50 bits per heavy atom. The molecule has 0 aliphatic carbocycles. The largest absolute Gasteiger partial charge is 0.458 e. The molecule has 0 spiro atoms. The molecule has 4 heteroatoms. The summed E-state index contributed by atoms with van der Waals surface area (Å²) >= 11 is 0. The van der Waals surface area contributed by atoms with E-state index in [1.165, 1.54) is 12.1 Å². The highest BCUT2D eigenvalue weighted by atomic mass is 16.5. The minimum atomic E-state index is -0.210. The van der Waals surface area contributed by atoms with Crippen LogP contribution in [0.15, 0.2) is 23.3 Å². The first-order chi connectivity index (χ1) is 8.66. The molecular weight excluding hydrogens is 230 g/mol. The van der Waals surface area contributed by atoms with Crippen LogP contribution in [0, 0.1) is 0 Å². The molecule has 0 aromatic heterocycles. The standard InChI is InChI=1S/C14H20NO3/c1-3-10(2)14(16)17-8-11-4-6-15-7-5-12(13(11)15)18-9-15/h3-4,12-13H,5-9H2,1-2H3/q+1/b10-3-/t12-,13-,15-/m0/s1. The Bertz CT molecular complexity index is 430. The molecule has 0 amide bonds. The molecule has 98 valence electrons. The summed E-state index contributed by atoms with van der Waals surface area (Å²) in [6, 6.07) is 0.448. The van der Waals surface area contributed by atoms with Gasteiger partial charge in [0.05, 0.1) is 6.54 Å². The summed E-state index contributed by atoms with van der Waals surface area (Å²) in [5.41, 5.74) is 1.93. The second kappa shape index (κ2) is 4.21. The van der Waals surface area contributed by atoms with Crippen molar-refractivity contribution >= 4 is 5.97 Å². The Hall–Kier alpha value is -1.13. The van der Waals surface area contributed by atoms with E-state index in [2.05, 4.69) is 6.08 Å². The highest BCUT2D eigenvalue weighted by Gasteiger charge is 2.58. The van der Waals surface area contributed by atoms with Crippen LogP contribution in [-0.2, 0) is 14.3 Å². The van der Waals surface area contributed by atoms with Gasteiger partial charge in [-0.1, -0.05) is 6.08 Å². The van der Waals surface area contributed by atoms with Crippen molar-refractivity contribution in [2.45, 2.75) is 32.4 Å². The van der Waals surface area contributed by atoms with Crippen LogP contribution in [0.25, 0.3) is 0 Å². The zero-order chi connectivity index (χ0) is 12.8. The molecule has 0 unspecified atom stereocenters. The zero-order valence-corrected chi connectivity index (χ0v) is 11.0. The molecule has 3 aliphatic heterocycles. The average Bonchev–Trinajstić information content (AvgIpc) is 3.02. The van der Waals surface area contributed by atoms with Crippen molar-refractivity contribution in [1.82, 2.24) is 0 Å². The Morgan fingerprint density at radius 3 is 3.17 bits per heavy atom. The summed E-state index contributed by atoms with van der Waals surface area (Å²) < 4.78 is 12.2. The Labute approximate surface area is 107 Å². The molecule has 3 rings (SSSR count). The van der Waals surface area contributed by atoms with Crippen molar-refractivity contribution in [1.29, 1.82) is 0 Å². The number of nitrogens with zero attached hydrogens (tertiary/aromatic N) is 1. The number of ether oxygens (including phenoxy) is 2. The maximum absolute atomic E-state index is 11.6. The van der Waals surface area contributed by atoms with Crippen LogP contribution in [0.4, 0.5) is 0 Å². The first kappa shape index (κ1) is 11.9.